The second kappa shape index (κ2) is 4.37. The van der Waals surface area contributed by atoms with Gasteiger partial charge in [0.15, 0.2) is 0 Å². The van der Waals surface area contributed by atoms with E-state index in [1.54, 1.807) is 18.3 Å². The number of nitrogens with zero attached hydrogens (tertiary/aromatic N) is 1. The van der Waals surface area contributed by atoms with Gasteiger partial charge in [-0.2, -0.15) is 0 Å². The van der Waals surface area contributed by atoms with Gasteiger partial charge in [-0.3, -0.25) is 4.98 Å². The maximum absolute atomic E-state index is 11.2. The molecule has 0 aliphatic carbocycles. The van der Waals surface area contributed by atoms with Gasteiger partial charge in [-0.05, 0) is 31.5 Å². The Balaban J connectivity index is 2.58. The summed E-state index contributed by atoms with van der Waals surface area (Å²) in [5, 5.41) is 9.18. The third-order valence-corrected chi connectivity index (χ3v) is 2.59. The van der Waals surface area contributed by atoms with Crippen molar-refractivity contribution in [3.63, 3.8) is 0 Å². The van der Waals surface area contributed by atoms with Gasteiger partial charge in [0.25, 0.3) is 0 Å². The summed E-state index contributed by atoms with van der Waals surface area (Å²) in [6.07, 6.45) is 1.74. The zero-order valence-electron chi connectivity index (χ0n) is 9.77. The van der Waals surface area contributed by atoms with Crippen molar-refractivity contribution in [2.75, 3.05) is 0 Å². The summed E-state index contributed by atoms with van der Waals surface area (Å²) in [5.74, 6) is -0.925. The van der Waals surface area contributed by atoms with E-state index in [0.29, 0.717) is 16.8 Å². The number of aromatic nitrogens is 1. The molecule has 3 heteroatoms. The first kappa shape index (κ1) is 11.3. The zero-order chi connectivity index (χ0) is 12.4. The Labute approximate surface area is 99.8 Å². The SMILES string of the molecule is Cc1ccc(-c2ccc(C)cc2C(=O)O)nc1. The van der Waals surface area contributed by atoms with Gasteiger partial charge in [0.1, 0.15) is 0 Å². The highest BCUT2D eigenvalue weighted by Gasteiger charge is 2.12. The molecule has 1 heterocycles. The molecular weight excluding hydrogens is 214 g/mol. The highest BCUT2D eigenvalue weighted by atomic mass is 16.4. The first-order valence-electron chi connectivity index (χ1n) is 5.35. The Kier molecular flexibility index (Phi) is 2.91. The fourth-order valence-electron chi connectivity index (χ4n) is 1.69. The van der Waals surface area contributed by atoms with E-state index in [0.717, 1.165) is 11.1 Å². The highest BCUT2D eigenvalue weighted by molar-refractivity contribution is 5.95. The minimum Gasteiger partial charge on any atom is -0.478 e. The van der Waals surface area contributed by atoms with E-state index < -0.39 is 5.97 Å². The van der Waals surface area contributed by atoms with Crippen LogP contribution in [0.25, 0.3) is 11.3 Å². The molecule has 3 nitrogen and oxygen atoms in total. The quantitative estimate of drug-likeness (QED) is 0.857. The van der Waals surface area contributed by atoms with Crippen LogP contribution in [0.3, 0.4) is 0 Å². The van der Waals surface area contributed by atoms with Crippen LogP contribution in [0.5, 0.6) is 0 Å². The molecule has 0 unspecified atom stereocenters. The fourth-order valence-corrected chi connectivity index (χ4v) is 1.69. The molecule has 0 aliphatic heterocycles. The minimum atomic E-state index is -0.925. The maximum Gasteiger partial charge on any atom is 0.336 e. The number of pyridine rings is 1. The van der Waals surface area contributed by atoms with Crippen LogP contribution < -0.4 is 0 Å². The van der Waals surface area contributed by atoms with Crippen molar-refractivity contribution in [3.8, 4) is 11.3 Å². The van der Waals surface area contributed by atoms with Crippen molar-refractivity contribution < 1.29 is 9.90 Å². The molecule has 17 heavy (non-hydrogen) atoms. The van der Waals surface area contributed by atoms with Crippen LogP contribution in [0.1, 0.15) is 21.5 Å². The molecule has 0 atom stereocenters. The van der Waals surface area contributed by atoms with Gasteiger partial charge in [-0.1, -0.05) is 23.8 Å². The van der Waals surface area contributed by atoms with Crippen molar-refractivity contribution in [2.24, 2.45) is 0 Å². The molecule has 1 aromatic heterocycles. The number of rotatable bonds is 2. The van der Waals surface area contributed by atoms with Crippen LogP contribution in [0.4, 0.5) is 0 Å². The molecule has 0 aliphatic rings. The van der Waals surface area contributed by atoms with Crippen molar-refractivity contribution >= 4 is 5.97 Å². The van der Waals surface area contributed by atoms with Gasteiger partial charge in [-0.15, -0.1) is 0 Å². The molecule has 1 N–H and O–H groups in total. The van der Waals surface area contributed by atoms with Crippen molar-refractivity contribution in [2.45, 2.75) is 13.8 Å². The lowest BCUT2D eigenvalue weighted by Gasteiger charge is -2.06. The van der Waals surface area contributed by atoms with Gasteiger partial charge in [0.2, 0.25) is 0 Å². The van der Waals surface area contributed by atoms with E-state index in [2.05, 4.69) is 4.98 Å². The lowest BCUT2D eigenvalue weighted by Crippen LogP contribution is -2.01. The molecule has 2 aromatic rings. The van der Waals surface area contributed by atoms with Crippen LogP contribution in [0, 0.1) is 13.8 Å². The number of aryl methyl sites for hydroxylation is 2. The summed E-state index contributed by atoms with van der Waals surface area (Å²) in [5.41, 5.74) is 3.62. The average Bonchev–Trinajstić information content (AvgIpc) is 2.30. The number of carbonyl (C=O) groups is 1. The summed E-state index contributed by atoms with van der Waals surface area (Å²) < 4.78 is 0. The van der Waals surface area contributed by atoms with Gasteiger partial charge in [0, 0.05) is 11.8 Å². The van der Waals surface area contributed by atoms with Gasteiger partial charge < -0.3 is 5.11 Å². The van der Waals surface area contributed by atoms with E-state index in [4.69, 9.17) is 0 Å². The predicted molar refractivity (Wildman–Crippen MR) is 66.1 cm³/mol. The molecule has 0 saturated carbocycles. The third-order valence-electron chi connectivity index (χ3n) is 2.59. The lowest BCUT2D eigenvalue weighted by atomic mass is 10.0. The number of carboxylic acids is 1. The normalized spacial score (nSPS) is 10.2. The Bertz CT molecular complexity index is 559. The minimum absolute atomic E-state index is 0.293. The Morgan fingerprint density at radius 2 is 1.82 bits per heavy atom. The molecule has 1 aromatic carbocycles. The Morgan fingerprint density at radius 3 is 2.41 bits per heavy atom. The van der Waals surface area contributed by atoms with E-state index in [1.807, 2.05) is 32.0 Å². The van der Waals surface area contributed by atoms with E-state index >= 15 is 0 Å². The van der Waals surface area contributed by atoms with Crippen LogP contribution in [-0.2, 0) is 0 Å². The smallest absolute Gasteiger partial charge is 0.336 e. The van der Waals surface area contributed by atoms with Gasteiger partial charge in [0.05, 0.1) is 11.3 Å². The van der Waals surface area contributed by atoms with Crippen LogP contribution in [-0.4, -0.2) is 16.1 Å². The molecular formula is C14H13NO2. The second-order valence-corrected chi connectivity index (χ2v) is 4.07. The molecule has 0 bridgehead atoms. The molecule has 2 rings (SSSR count). The van der Waals surface area contributed by atoms with Crippen molar-refractivity contribution in [3.05, 3.63) is 53.2 Å². The molecule has 0 saturated heterocycles. The molecule has 0 amide bonds. The summed E-state index contributed by atoms with van der Waals surface area (Å²) in [6.45, 7) is 3.82. The first-order valence-corrected chi connectivity index (χ1v) is 5.35. The van der Waals surface area contributed by atoms with Crippen molar-refractivity contribution in [1.82, 2.24) is 4.98 Å². The highest BCUT2D eigenvalue weighted by Crippen LogP contribution is 2.23. The standard InChI is InChI=1S/C14H13NO2/c1-9-3-5-11(12(7-9)14(16)17)13-6-4-10(2)8-15-13/h3-8H,1-2H3,(H,16,17). The van der Waals surface area contributed by atoms with Gasteiger partial charge >= 0.3 is 5.97 Å². The Hall–Kier alpha value is -2.16. The summed E-state index contributed by atoms with van der Waals surface area (Å²) in [6, 6.07) is 9.12. The van der Waals surface area contributed by atoms with Crippen LogP contribution in [0.2, 0.25) is 0 Å². The Morgan fingerprint density at radius 1 is 1.12 bits per heavy atom. The maximum atomic E-state index is 11.2. The van der Waals surface area contributed by atoms with Crippen LogP contribution in [0.15, 0.2) is 36.5 Å². The zero-order valence-corrected chi connectivity index (χ0v) is 9.77. The average molecular weight is 227 g/mol. The number of hydrogen-bond acceptors (Lipinski definition) is 2. The fraction of sp³-hybridized carbons (Fsp3) is 0.143. The largest absolute Gasteiger partial charge is 0.478 e. The summed E-state index contributed by atoms with van der Waals surface area (Å²) >= 11 is 0. The third kappa shape index (κ3) is 2.33. The summed E-state index contributed by atoms with van der Waals surface area (Å²) in [7, 11) is 0. The topological polar surface area (TPSA) is 50.2 Å². The molecule has 0 radical (unpaired) electrons. The second-order valence-electron chi connectivity index (χ2n) is 4.07. The number of carboxylic acid groups (broad SMARTS) is 1. The molecule has 0 spiro atoms. The van der Waals surface area contributed by atoms with Crippen LogP contribution >= 0.6 is 0 Å². The predicted octanol–water partition coefficient (Wildman–Crippen LogP) is 3.06. The summed E-state index contributed by atoms with van der Waals surface area (Å²) in [4.78, 5) is 15.4. The molecule has 0 fully saturated rings. The number of hydrogen-bond donors (Lipinski definition) is 1. The lowest BCUT2D eigenvalue weighted by molar-refractivity contribution is 0.0697. The van der Waals surface area contributed by atoms with E-state index in [1.165, 1.54) is 0 Å². The monoisotopic (exact) mass is 227 g/mol. The first-order chi connectivity index (χ1) is 8.08. The number of benzene rings is 1. The number of aromatic carboxylic acids is 1. The van der Waals surface area contributed by atoms with E-state index in [-0.39, 0.29) is 0 Å². The van der Waals surface area contributed by atoms with Gasteiger partial charge in [-0.25, -0.2) is 4.79 Å². The van der Waals surface area contributed by atoms with Crippen molar-refractivity contribution in [1.29, 1.82) is 0 Å². The molecule has 86 valence electrons. The van der Waals surface area contributed by atoms with E-state index in [9.17, 15) is 9.90 Å².